The minimum Gasteiger partial charge on any atom is -0.497 e. The molecule has 0 unspecified atom stereocenters. The van der Waals surface area contributed by atoms with Crippen molar-refractivity contribution in [1.29, 1.82) is 0 Å². The smallest absolute Gasteiger partial charge is 0.239 e. The Hall–Kier alpha value is -2.49. The molecular weight excluding hydrogens is 300 g/mol. The number of hydrogen-bond acceptors (Lipinski definition) is 3. The molecule has 2 rings (SSSR count). The van der Waals surface area contributed by atoms with Gasteiger partial charge in [0.2, 0.25) is 5.91 Å². The molecule has 0 aliphatic heterocycles. The minimum absolute atomic E-state index is 0.00328. The van der Waals surface area contributed by atoms with Crippen LogP contribution in [-0.4, -0.2) is 26.1 Å². The van der Waals surface area contributed by atoms with Crippen LogP contribution >= 0.6 is 0 Å². The zero-order valence-electron chi connectivity index (χ0n) is 14.6. The van der Waals surface area contributed by atoms with Gasteiger partial charge in [0.05, 0.1) is 13.7 Å². The van der Waals surface area contributed by atoms with Crippen molar-refractivity contribution in [2.45, 2.75) is 26.2 Å². The van der Waals surface area contributed by atoms with Gasteiger partial charge in [0.1, 0.15) is 5.75 Å². The summed E-state index contributed by atoms with van der Waals surface area (Å²) < 4.78 is 5.20. The van der Waals surface area contributed by atoms with Gasteiger partial charge in [0, 0.05) is 12.2 Å². The molecule has 0 bridgehead atoms. The Kier molecular flexibility index (Phi) is 6.67. The maximum atomic E-state index is 12.0. The lowest BCUT2D eigenvalue weighted by Crippen LogP contribution is -2.31. The molecule has 128 valence electrons. The van der Waals surface area contributed by atoms with Crippen LogP contribution in [0.3, 0.4) is 0 Å². The first kappa shape index (κ1) is 17.9. The highest BCUT2D eigenvalue weighted by molar-refractivity contribution is 5.81. The van der Waals surface area contributed by atoms with Crippen molar-refractivity contribution in [2.24, 2.45) is 0 Å². The molecule has 0 aromatic heterocycles. The average molecular weight is 326 g/mol. The van der Waals surface area contributed by atoms with Gasteiger partial charge in [0.15, 0.2) is 0 Å². The fraction of sp³-hybridized carbons (Fsp3) is 0.350. The molecule has 1 amide bonds. The van der Waals surface area contributed by atoms with Crippen LogP contribution in [-0.2, 0) is 11.2 Å². The third-order valence-electron chi connectivity index (χ3n) is 3.89. The molecule has 0 atom stereocenters. The van der Waals surface area contributed by atoms with E-state index in [1.165, 1.54) is 5.56 Å². The first-order valence-corrected chi connectivity index (χ1v) is 8.32. The Morgan fingerprint density at radius 2 is 1.92 bits per heavy atom. The summed E-state index contributed by atoms with van der Waals surface area (Å²) in [4.78, 5) is 12.0. The van der Waals surface area contributed by atoms with E-state index >= 15 is 0 Å². The zero-order valence-corrected chi connectivity index (χ0v) is 14.6. The molecule has 0 aliphatic carbocycles. The molecule has 2 aromatic carbocycles. The van der Waals surface area contributed by atoms with Gasteiger partial charge in [-0.1, -0.05) is 44.2 Å². The summed E-state index contributed by atoms with van der Waals surface area (Å²) in [6.45, 7) is 5.19. The third kappa shape index (κ3) is 5.30. The molecule has 0 saturated carbocycles. The molecule has 2 aromatic rings. The number of anilines is 1. The first-order chi connectivity index (χ1) is 11.6. The minimum atomic E-state index is -0.00328. The number of carbonyl (C=O) groups excluding carboxylic acids is 1. The van der Waals surface area contributed by atoms with E-state index in [4.69, 9.17) is 4.74 Å². The van der Waals surface area contributed by atoms with Gasteiger partial charge in [-0.05, 0) is 41.7 Å². The van der Waals surface area contributed by atoms with Crippen LogP contribution in [0.4, 0.5) is 5.69 Å². The molecule has 0 heterocycles. The van der Waals surface area contributed by atoms with Crippen molar-refractivity contribution < 1.29 is 9.53 Å². The molecule has 0 radical (unpaired) electrons. The molecular formula is C20H26N2O2. The van der Waals surface area contributed by atoms with Crippen LogP contribution in [0.25, 0.3) is 0 Å². The van der Waals surface area contributed by atoms with E-state index in [0.717, 1.165) is 23.4 Å². The van der Waals surface area contributed by atoms with Gasteiger partial charge >= 0.3 is 0 Å². The van der Waals surface area contributed by atoms with Crippen LogP contribution in [0.1, 0.15) is 30.9 Å². The molecule has 4 nitrogen and oxygen atoms in total. The van der Waals surface area contributed by atoms with Gasteiger partial charge in [-0.15, -0.1) is 0 Å². The van der Waals surface area contributed by atoms with E-state index in [-0.39, 0.29) is 12.5 Å². The van der Waals surface area contributed by atoms with Crippen LogP contribution in [0.2, 0.25) is 0 Å². The Balaban J connectivity index is 1.78. The summed E-state index contributed by atoms with van der Waals surface area (Å²) in [6.07, 6.45) is 0.783. The highest BCUT2D eigenvalue weighted by atomic mass is 16.5. The Morgan fingerprint density at radius 3 is 2.67 bits per heavy atom. The summed E-state index contributed by atoms with van der Waals surface area (Å²) in [5, 5.41) is 6.17. The average Bonchev–Trinajstić information content (AvgIpc) is 2.60. The Labute approximate surface area is 144 Å². The zero-order chi connectivity index (χ0) is 17.4. The van der Waals surface area contributed by atoms with Crippen molar-refractivity contribution in [3.63, 3.8) is 0 Å². The Morgan fingerprint density at radius 1 is 1.12 bits per heavy atom. The fourth-order valence-corrected chi connectivity index (χ4v) is 2.57. The maximum absolute atomic E-state index is 12.0. The predicted octanol–water partition coefficient (Wildman–Crippen LogP) is 3.59. The van der Waals surface area contributed by atoms with Crippen molar-refractivity contribution in [3.8, 4) is 5.75 Å². The second-order valence-corrected chi connectivity index (χ2v) is 6.05. The number of benzene rings is 2. The maximum Gasteiger partial charge on any atom is 0.239 e. The molecule has 4 heteroatoms. The van der Waals surface area contributed by atoms with Crippen molar-refractivity contribution in [2.75, 3.05) is 25.5 Å². The van der Waals surface area contributed by atoms with Crippen LogP contribution in [0, 0.1) is 0 Å². The number of amides is 1. The molecule has 2 N–H and O–H groups in total. The van der Waals surface area contributed by atoms with Gasteiger partial charge in [-0.3, -0.25) is 4.79 Å². The monoisotopic (exact) mass is 326 g/mol. The standard InChI is InChI=1S/C20H26N2O2/c1-15(2)18-9-4-5-10-19(18)22-14-20(23)21-12-11-16-7-6-8-17(13-16)24-3/h4-10,13,15,22H,11-12,14H2,1-3H3,(H,21,23). The van der Waals surface area contributed by atoms with Gasteiger partial charge < -0.3 is 15.4 Å². The summed E-state index contributed by atoms with van der Waals surface area (Å²) in [5.41, 5.74) is 3.39. The van der Waals surface area contributed by atoms with E-state index in [1.807, 2.05) is 42.5 Å². The summed E-state index contributed by atoms with van der Waals surface area (Å²) in [5.74, 6) is 1.26. The van der Waals surface area contributed by atoms with Crippen LogP contribution < -0.4 is 15.4 Å². The van der Waals surface area contributed by atoms with E-state index in [1.54, 1.807) is 7.11 Å². The predicted molar refractivity (Wildman–Crippen MR) is 98.7 cm³/mol. The second kappa shape index (κ2) is 8.96. The van der Waals surface area contributed by atoms with Gasteiger partial charge in [-0.25, -0.2) is 0 Å². The van der Waals surface area contributed by atoms with Crippen LogP contribution in [0.15, 0.2) is 48.5 Å². The van der Waals surface area contributed by atoms with Crippen LogP contribution in [0.5, 0.6) is 5.75 Å². The SMILES string of the molecule is COc1cccc(CCNC(=O)CNc2ccccc2C(C)C)c1. The lowest BCUT2D eigenvalue weighted by atomic mass is 10.0. The van der Waals surface area contributed by atoms with E-state index in [0.29, 0.717) is 12.5 Å². The van der Waals surface area contributed by atoms with Crippen molar-refractivity contribution >= 4 is 11.6 Å². The number of para-hydroxylation sites is 1. The van der Waals surface area contributed by atoms with E-state index < -0.39 is 0 Å². The number of hydrogen-bond donors (Lipinski definition) is 2. The van der Waals surface area contributed by atoms with Gasteiger partial charge in [0.25, 0.3) is 0 Å². The van der Waals surface area contributed by atoms with E-state index in [2.05, 4.69) is 30.5 Å². The highest BCUT2D eigenvalue weighted by Gasteiger charge is 2.07. The lowest BCUT2D eigenvalue weighted by molar-refractivity contribution is -0.119. The summed E-state index contributed by atoms with van der Waals surface area (Å²) >= 11 is 0. The number of nitrogens with one attached hydrogen (secondary N) is 2. The second-order valence-electron chi connectivity index (χ2n) is 6.05. The molecule has 0 fully saturated rings. The van der Waals surface area contributed by atoms with Crippen molar-refractivity contribution in [3.05, 3.63) is 59.7 Å². The summed E-state index contributed by atoms with van der Waals surface area (Å²) in [6, 6.07) is 16.0. The normalized spacial score (nSPS) is 10.5. The highest BCUT2D eigenvalue weighted by Crippen LogP contribution is 2.23. The number of ether oxygens (including phenoxy) is 1. The quantitative estimate of drug-likeness (QED) is 0.779. The fourth-order valence-electron chi connectivity index (χ4n) is 2.57. The van der Waals surface area contributed by atoms with E-state index in [9.17, 15) is 4.79 Å². The number of carbonyl (C=O) groups is 1. The molecule has 0 aliphatic rings. The third-order valence-corrected chi connectivity index (χ3v) is 3.89. The molecule has 0 spiro atoms. The molecule has 0 saturated heterocycles. The summed E-state index contributed by atoms with van der Waals surface area (Å²) in [7, 11) is 1.65. The molecule has 24 heavy (non-hydrogen) atoms. The Bertz CT molecular complexity index is 668. The first-order valence-electron chi connectivity index (χ1n) is 8.32. The van der Waals surface area contributed by atoms with Gasteiger partial charge in [-0.2, -0.15) is 0 Å². The largest absolute Gasteiger partial charge is 0.497 e. The number of rotatable bonds is 8. The lowest BCUT2D eigenvalue weighted by Gasteiger charge is -2.14. The van der Waals surface area contributed by atoms with Crippen molar-refractivity contribution in [1.82, 2.24) is 5.32 Å². The number of methoxy groups -OCH3 is 1. The topological polar surface area (TPSA) is 50.4 Å².